The molecule has 0 saturated carbocycles. The average Bonchev–Trinajstić information content (AvgIpc) is 2.28. The number of hydrogen-bond donors (Lipinski definition) is 1. The summed E-state index contributed by atoms with van der Waals surface area (Å²) in [6, 6.07) is 0.706. The Bertz CT molecular complexity index is 170. The maximum atomic E-state index is 5.68. The standard InChI is InChI=1S/C14H29NO/c1-4-13-5-8-15-14(11-13)7-10-16-9-6-12(2)3/h12-15H,4-11H2,1-3H3. The van der Waals surface area contributed by atoms with Gasteiger partial charge in [-0.05, 0) is 44.1 Å². The SMILES string of the molecule is CCC1CCNC(CCOCCC(C)C)C1. The molecule has 1 aliphatic heterocycles. The zero-order valence-electron chi connectivity index (χ0n) is 11.3. The van der Waals surface area contributed by atoms with E-state index in [-0.39, 0.29) is 0 Å². The molecule has 0 aliphatic carbocycles. The molecule has 1 saturated heterocycles. The Kier molecular flexibility index (Phi) is 7.06. The van der Waals surface area contributed by atoms with Crippen LogP contribution in [-0.4, -0.2) is 25.8 Å². The van der Waals surface area contributed by atoms with Crippen LogP contribution < -0.4 is 5.32 Å². The van der Waals surface area contributed by atoms with E-state index in [9.17, 15) is 0 Å². The molecule has 0 amide bonds. The maximum Gasteiger partial charge on any atom is 0.0480 e. The first-order valence-corrected chi connectivity index (χ1v) is 7.03. The molecule has 0 aromatic rings. The van der Waals surface area contributed by atoms with Gasteiger partial charge >= 0.3 is 0 Å². The zero-order chi connectivity index (χ0) is 11.8. The van der Waals surface area contributed by atoms with E-state index in [2.05, 4.69) is 26.1 Å². The second kappa shape index (κ2) is 8.08. The quantitative estimate of drug-likeness (QED) is 0.674. The number of ether oxygens (including phenoxy) is 1. The summed E-state index contributed by atoms with van der Waals surface area (Å²) in [6.07, 6.45) is 6.43. The van der Waals surface area contributed by atoms with Crippen molar-refractivity contribution in [2.45, 2.75) is 58.9 Å². The molecule has 2 nitrogen and oxygen atoms in total. The normalized spacial score (nSPS) is 26.2. The molecule has 96 valence electrons. The van der Waals surface area contributed by atoms with Crippen molar-refractivity contribution in [1.82, 2.24) is 5.32 Å². The summed E-state index contributed by atoms with van der Waals surface area (Å²) in [7, 11) is 0. The van der Waals surface area contributed by atoms with Gasteiger partial charge in [-0.2, -0.15) is 0 Å². The summed E-state index contributed by atoms with van der Waals surface area (Å²) in [4.78, 5) is 0. The predicted molar refractivity (Wildman–Crippen MR) is 69.7 cm³/mol. The van der Waals surface area contributed by atoms with Crippen LogP contribution in [0.3, 0.4) is 0 Å². The third-order valence-electron chi connectivity index (χ3n) is 3.63. The van der Waals surface area contributed by atoms with Crippen molar-refractivity contribution < 1.29 is 4.74 Å². The smallest absolute Gasteiger partial charge is 0.0480 e. The molecule has 2 unspecified atom stereocenters. The Morgan fingerprint density at radius 1 is 1.31 bits per heavy atom. The lowest BCUT2D eigenvalue weighted by atomic mass is 9.89. The fourth-order valence-corrected chi connectivity index (χ4v) is 2.33. The predicted octanol–water partition coefficient (Wildman–Crippen LogP) is 3.22. The van der Waals surface area contributed by atoms with Gasteiger partial charge in [-0.15, -0.1) is 0 Å². The minimum absolute atomic E-state index is 0.706. The summed E-state index contributed by atoms with van der Waals surface area (Å²) in [5.41, 5.74) is 0. The van der Waals surface area contributed by atoms with Crippen molar-refractivity contribution >= 4 is 0 Å². The molecule has 2 atom stereocenters. The molecule has 0 aromatic heterocycles. The monoisotopic (exact) mass is 227 g/mol. The molecule has 1 fully saturated rings. The third-order valence-corrected chi connectivity index (χ3v) is 3.63. The van der Waals surface area contributed by atoms with Crippen molar-refractivity contribution in [3.05, 3.63) is 0 Å². The van der Waals surface area contributed by atoms with Crippen molar-refractivity contribution in [1.29, 1.82) is 0 Å². The first-order chi connectivity index (χ1) is 7.72. The van der Waals surface area contributed by atoms with E-state index < -0.39 is 0 Å². The van der Waals surface area contributed by atoms with Crippen LogP contribution >= 0.6 is 0 Å². The molecule has 1 heterocycles. The summed E-state index contributed by atoms with van der Waals surface area (Å²) < 4.78 is 5.68. The third kappa shape index (κ3) is 5.86. The van der Waals surface area contributed by atoms with Crippen LogP contribution in [-0.2, 0) is 4.74 Å². The van der Waals surface area contributed by atoms with Gasteiger partial charge in [-0.1, -0.05) is 27.2 Å². The number of hydrogen-bond acceptors (Lipinski definition) is 2. The summed E-state index contributed by atoms with van der Waals surface area (Å²) in [5.74, 6) is 1.71. The van der Waals surface area contributed by atoms with Crippen molar-refractivity contribution in [3.63, 3.8) is 0 Å². The lowest BCUT2D eigenvalue weighted by molar-refractivity contribution is 0.108. The summed E-state index contributed by atoms with van der Waals surface area (Å²) in [6.45, 7) is 9.87. The first-order valence-electron chi connectivity index (χ1n) is 7.03. The highest BCUT2D eigenvalue weighted by Gasteiger charge is 2.19. The average molecular weight is 227 g/mol. The van der Waals surface area contributed by atoms with Gasteiger partial charge in [0.2, 0.25) is 0 Å². The van der Waals surface area contributed by atoms with Gasteiger partial charge in [0.15, 0.2) is 0 Å². The second-order valence-electron chi connectivity index (χ2n) is 5.53. The molecular weight excluding hydrogens is 198 g/mol. The number of piperidine rings is 1. The molecule has 0 spiro atoms. The molecule has 0 aromatic carbocycles. The Morgan fingerprint density at radius 2 is 2.12 bits per heavy atom. The highest BCUT2D eigenvalue weighted by atomic mass is 16.5. The minimum atomic E-state index is 0.706. The van der Waals surface area contributed by atoms with E-state index in [1.807, 2.05) is 0 Å². The van der Waals surface area contributed by atoms with E-state index in [0.717, 1.165) is 25.0 Å². The molecule has 16 heavy (non-hydrogen) atoms. The lowest BCUT2D eigenvalue weighted by Gasteiger charge is -2.29. The van der Waals surface area contributed by atoms with Gasteiger partial charge in [-0.25, -0.2) is 0 Å². The van der Waals surface area contributed by atoms with Gasteiger partial charge < -0.3 is 10.1 Å². The van der Waals surface area contributed by atoms with Crippen molar-refractivity contribution in [2.75, 3.05) is 19.8 Å². The van der Waals surface area contributed by atoms with Gasteiger partial charge in [0, 0.05) is 19.3 Å². The lowest BCUT2D eigenvalue weighted by Crippen LogP contribution is -2.38. The molecule has 1 rings (SSSR count). The maximum absolute atomic E-state index is 5.68. The van der Waals surface area contributed by atoms with Crippen LogP contribution in [0.15, 0.2) is 0 Å². The topological polar surface area (TPSA) is 21.3 Å². The van der Waals surface area contributed by atoms with Gasteiger partial charge in [0.1, 0.15) is 0 Å². The van der Waals surface area contributed by atoms with Gasteiger partial charge in [0.05, 0.1) is 0 Å². The van der Waals surface area contributed by atoms with Crippen LogP contribution in [0.2, 0.25) is 0 Å². The Hall–Kier alpha value is -0.0800. The fraction of sp³-hybridized carbons (Fsp3) is 1.00. The number of rotatable bonds is 7. The van der Waals surface area contributed by atoms with Crippen LogP contribution in [0.5, 0.6) is 0 Å². The highest BCUT2D eigenvalue weighted by Crippen LogP contribution is 2.20. The first kappa shape index (κ1) is 14.0. The molecule has 2 heteroatoms. The highest BCUT2D eigenvalue weighted by molar-refractivity contribution is 4.77. The molecular formula is C14H29NO. The molecule has 1 aliphatic rings. The van der Waals surface area contributed by atoms with Crippen molar-refractivity contribution in [3.8, 4) is 0 Å². The fourth-order valence-electron chi connectivity index (χ4n) is 2.33. The van der Waals surface area contributed by atoms with Crippen LogP contribution in [0.1, 0.15) is 52.9 Å². The Morgan fingerprint density at radius 3 is 2.81 bits per heavy atom. The second-order valence-corrected chi connectivity index (χ2v) is 5.53. The van der Waals surface area contributed by atoms with Gasteiger partial charge in [-0.3, -0.25) is 0 Å². The summed E-state index contributed by atoms with van der Waals surface area (Å²) >= 11 is 0. The molecule has 0 bridgehead atoms. The van der Waals surface area contributed by atoms with E-state index in [4.69, 9.17) is 4.74 Å². The molecule has 1 N–H and O–H groups in total. The van der Waals surface area contributed by atoms with E-state index in [1.54, 1.807) is 0 Å². The Balaban J connectivity index is 1.99. The Labute approximate surface area is 101 Å². The minimum Gasteiger partial charge on any atom is -0.381 e. The zero-order valence-corrected chi connectivity index (χ0v) is 11.3. The van der Waals surface area contributed by atoms with E-state index in [1.165, 1.54) is 38.6 Å². The van der Waals surface area contributed by atoms with E-state index in [0.29, 0.717) is 6.04 Å². The summed E-state index contributed by atoms with van der Waals surface area (Å²) in [5, 5.41) is 3.60. The largest absolute Gasteiger partial charge is 0.381 e. The van der Waals surface area contributed by atoms with Crippen LogP contribution in [0.25, 0.3) is 0 Å². The van der Waals surface area contributed by atoms with Crippen LogP contribution in [0.4, 0.5) is 0 Å². The van der Waals surface area contributed by atoms with E-state index >= 15 is 0 Å². The van der Waals surface area contributed by atoms with Crippen LogP contribution in [0, 0.1) is 11.8 Å². The number of nitrogens with one attached hydrogen (secondary N) is 1. The molecule has 0 radical (unpaired) electrons. The van der Waals surface area contributed by atoms with Crippen molar-refractivity contribution in [2.24, 2.45) is 11.8 Å². The van der Waals surface area contributed by atoms with Gasteiger partial charge in [0.25, 0.3) is 0 Å².